The summed E-state index contributed by atoms with van der Waals surface area (Å²) >= 11 is 9.07. The van der Waals surface area contributed by atoms with E-state index in [2.05, 4.69) is 41.4 Å². The van der Waals surface area contributed by atoms with Crippen molar-refractivity contribution in [1.29, 1.82) is 0 Å². The molecule has 2 rings (SSSR count). The number of amides is 1. The van der Waals surface area contributed by atoms with Gasteiger partial charge in [0.15, 0.2) is 5.15 Å². The van der Waals surface area contributed by atoms with Crippen LogP contribution in [0.2, 0.25) is 5.15 Å². The molecule has 0 bridgehead atoms. The largest absolute Gasteiger partial charge is 0.316 e. The molecular weight excluding hydrogens is 309 g/mol. The maximum atomic E-state index is 11.7. The molecule has 0 radical (unpaired) electrons. The molecule has 0 saturated carbocycles. The molecule has 0 unspecified atom stereocenters. The fraction of sp³-hybridized carbons (Fsp3) is 0.111. The van der Waals surface area contributed by atoms with Crippen LogP contribution >= 0.6 is 27.5 Å². The van der Waals surface area contributed by atoms with Gasteiger partial charge in [0.05, 0.1) is 5.69 Å². The van der Waals surface area contributed by atoms with Gasteiger partial charge in [-0.25, -0.2) is 9.97 Å². The molecular formula is C9H7BrClN5O. The molecule has 1 amide bonds. The second kappa shape index (κ2) is 4.80. The highest BCUT2D eigenvalue weighted by Gasteiger charge is 2.13. The van der Waals surface area contributed by atoms with E-state index < -0.39 is 5.91 Å². The van der Waals surface area contributed by atoms with Gasteiger partial charge in [-0.05, 0) is 28.9 Å². The third-order valence-corrected chi connectivity index (χ3v) is 2.59. The highest BCUT2D eigenvalue weighted by Crippen LogP contribution is 2.23. The SMILES string of the molecule is Cc1nc(C(=O)Nc2cc(Br)cnc2Cl)n[nH]1. The number of rotatable bonds is 2. The maximum absolute atomic E-state index is 11.7. The molecule has 2 N–H and O–H groups in total. The number of hydrogen-bond donors (Lipinski definition) is 2. The van der Waals surface area contributed by atoms with Gasteiger partial charge in [0.2, 0.25) is 5.82 Å². The lowest BCUT2D eigenvalue weighted by Gasteiger charge is -2.04. The summed E-state index contributed by atoms with van der Waals surface area (Å²) in [5, 5.41) is 9.10. The lowest BCUT2D eigenvalue weighted by atomic mass is 10.4. The number of H-pyrrole nitrogens is 1. The number of nitrogens with one attached hydrogen (secondary N) is 2. The molecule has 88 valence electrons. The van der Waals surface area contributed by atoms with Gasteiger partial charge in [-0.1, -0.05) is 11.6 Å². The first-order valence-corrected chi connectivity index (χ1v) is 5.75. The molecule has 0 aliphatic carbocycles. The van der Waals surface area contributed by atoms with Crippen molar-refractivity contribution in [3.63, 3.8) is 0 Å². The molecule has 0 atom stereocenters. The number of aromatic nitrogens is 4. The van der Waals surface area contributed by atoms with E-state index in [1.165, 1.54) is 6.20 Å². The van der Waals surface area contributed by atoms with Crippen LogP contribution in [0.4, 0.5) is 5.69 Å². The van der Waals surface area contributed by atoms with Crippen LogP contribution in [0.25, 0.3) is 0 Å². The molecule has 2 heterocycles. The number of nitrogens with zero attached hydrogens (tertiary/aromatic N) is 3. The summed E-state index contributed by atoms with van der Waals surface area (Å²) in [6, 6.07) is 1.65. The summed E-state index contributed by atoms with van der Waals surface area (Å²) < 4.78 is 0.711. The lowest BCUT2D eigenvalue weighted by Crippen LogP contribution is -2.14. The van der Waals surface area contributed by atoms with E-state index in [4.69, 9.17) is 11.6 Å². The molecule has 0 fully saturated rings. The summed E-state index contributed by atoms with van der Waals surface area (Å²) in [5.41, 5.74) is 0.397. The summed E-state index contributed by atoms with van der Waals surface area (Å²) in [5.74, 6) is 0.170. The first kappa shape index (κ1) is 12.0. The number of carbonyl (C=O) groups is 1. The molecule has 17 heavy (non-hydrogen) atoms. The maximum Gasteiger partial charge on any atom is 0.295 e. The molecule has 2 aromatic heterocycles. The average molecular weight is 317 g/mol. The number of pyridine rings is 1. The Morgan fingerprint density at radius 3 is 3.00 bits per heavy atom. The fourth-order valence-electron chi connectivity index (χ4n) is 1.13. The third-order valence-electron chi connectivity index (χ3n) is 1.85. The highest BCUT2D eigenvalue weighted by molar-refractivity contribution is 9.10. The normalized spacial score (nSPS) is 10.3. The summed E-state index contributed by atoms with van der Waals surface area (Å²) in [6.07, 6.45) is 1.54. The Balaban J connectivity index is 2.21. The monoisotopic (exact) mass is 315 g/mol. The van der Waals surface area contributed by atoms with Crippen LogP contribution in [0.15, 0.2) is 16.7 Å². The van der Waals surface area contributed by atoms with Crippen molar-refractivity contribution in [3.8, 4) is 0 Å². The number of aromatic amines is 1. The number of hydrogen-bond acceptors (Lipinski definition) is 4. The Morgan fingerprint density at radius 1 is 1.59 bits per heavy atom. The lowest BCUT2D eigenvalue weighted by molar-refractivity contribution is 0.101. The van der Waals surface area contributed by atoms with Gasteiger partial charge in [0, 0.05) is 10.7 Å². The smallest absolute Gasteiger partial charge is 0.295 e. The van der Waals surface area contributed by atoms with Crippen LogP contribution in [0, 0.1) is 6.92 Å². The van der Waals surface area contributed by atoms with Crippen molar-refractivity contribution in [2.24, 2.45) is 0 Å². The topological polar surface area (TPSA) is 83.6 Å². The van der Waals surface area contributed by atoms with E-state index in [0.29, 0.717) is 16.0 Å². The van der Waals surface area contributed by atoms with Gasteiger partial charge in [0.1, 0.15) is 5.82 Å². The van der Waals surface area contributed by atoms with Crippen molar-refractivity contribution < 1.29 is 4.79 Å². The Kier molecular flexibility index (Phi) is 3.39. The van der Waals surface area contributed by atoms with Crippen LogP contribution < -0.4 is 5.32 Å². The minimum atomic E-state index is -0.448. The van der Waals surface area contributed by atoms with Crippen LogP contribution in [0.5, 0.6) is 0 Å². The second-order valence-electron chi connectivity index (χ2n) is 3.19. The molecule has 0 aliphatic rings. The number of aryl methyl sites for hydroxylation is 1. The number of halogens is 2. The zero-order chi connectivity index (χ0) is 12.4. The first-order chi connectivity index (χ1) is 8.06. The minimum Gasteiger partial charge on any atom is -0.316 e. The molecule has 0 spiro atoms. The summed E-state index contributed by atoms with van der Waals surface area (Å²) in [6.45, 7) is 1.71. The van der Waals surface area contributed by atoms with E-state index in [1.54, 1.807) is 13.0 Å². The van der Waals surface area contributed by atoms with Gasteiger partial charge in [-0.15, -0.1) is 5.10 Å². The molecule has 2 aromatic rings. The predicted octanol–water partition coefficient (Wildman–Crippen LogP) is 2.18. The van der Waals surface area contributed by atoms with Gasteiger partial charge >= 0.3 is 0 Å². The van der Waals surface area contributed by atoms with E-state index >= 15 is 0 Å². The molecule has 8 heteroatoms. The van der Waals surface area contributed by atoms with Crippen LogP contribution in [0.1, 0.15) is 16.4 Å². The van der Waals surface area contributed by atoms with Crippen LogP contribution in [-0.4, -0.2) is 26.1 Å². The van der Waals surface area contributed by atoms with Crippen LogP contribution in [0.3, 0.4) is 0 Å². The van der Waals surface area contributed by atoms with E-state index in [0.717, 1.165) is 0 Å². The summed E-state index contributed by atoms with van der Waals surface area (Å²) in [4.78, 5) is 19.5. The first-order valence-electron chi connectivity index (χ1n) is 4.57. The predicted molar refractivity (Wildman–Crippen MR) is 66.0 cm³/mol. The molecule has 0 aliphatic heterocycles. The minimum absolute atomic E-state index is 0.0542. The number of carbonyl (C=O) groups excluding carboxylic acids is 1. The van der Waals surface area contributed by atoms with Crippen molar-refractivity contribution in [2.75, 3.05) is 5.32 Å². The van der Waals surface area contributed by atoms with Gasteiger partial charge in [-0.3, -0.25) is 9.89 Å². The van der Waals surface area contributed by atoms with Gasteiger partial charge in [-0.2, -0.15) is 0 Å². The van der Waals surface area contributed by atoms with Crippen molar-refractivity contribution >= 4 is 39.1 Å². The Morgan fingerprint density at radius 2 is 2.35 bits per heavy atom. The fourth-order valence-corrected chi connectivity index (χ4v) is 1.61. The Bertz CT molecular complexity index is 570. The molecule has 0 saturated heterocycles. The van der Waals surface area contributed by atoms with Crippen molar-refractivity contribution in [3.05, 3.63) is 33.5 Å². The summed E-state index contributed by atoms with van der Waals surface area (Å²) in [7, 11) is 0. The second-order valence-corrected chi connectivity index (χ2v) is 4.46. The Hall–Kier alpha value is -1.47. The zero-order valence-electron chi connectivity index (χ0n) is 8.66. The van der Waals surface area contributed by atoms with Crippen molar-refractivity contribution in [1.82, 2.24) is 20.2 Å². The number of anilines is 1. The molecule has 0 aromatic carbocycles. The zero-order valence-corrected chi connectivity index (χ0v) is 11.0. The van der Waals surface area contributed by atoms with Gasteiger partial charge in [0.25, 0.3) is 5.91 Å². The van der Waals surface area contributed by atoms with Crippen molar-refractivity contribution in [2.45, 2.75) is 6.92 Å². The molecule has 6 nitrogen and oxygen atoms in total. The van der Waals surface area contributed by atoms with E-state index in [9.17, 15) is 4.79 Å². The van der Waals surface area contributed by atoms with Gasteiger partial charge < -0.3 is 5.32 Å². The highest BCUT2D eigenvalue weighted by atomic mass is 79.9. The third kappa shape index (κ3) is 2.80. The van der Waals surface area contributed by atoms with Crippen LogP contribution in [-0.2, 0) is 0 Å². The quantitative estimate of drug-likeness (QED) is 0.832. The standard InChI is InChI=1S/C9H7BrClN5O/c1-4-13-8(16-15-4)9(17)14-6-2-5(10)3-12-7(6)11/h2-3H,1H3,(H,14,17)(H,13,15,16). The average Bonchev–Trinajstić information content (AvgIpc) is 2.70. The van der Waals surface area contributed by atoms with E-state index in [1.807, 2.05) is 0 Å². The Labute approximate surface area is 110 Å². The van der Waals surface area contributed by atoms with E-state index in [-0.39, 0.29) is 11.0 Å².